The van der Waals surface area contributed by atoms with Gasteiger partial charge in [0.05, 0.1) is 11.7 Å². The van der Waals surface area contributed by atoms with E-state index in [9.17, 15) is 0 Å². The molecule has 1 aliphatic carbocycles. The van der Waals surface area contributed by atoms with E-state index in [4.69, 9.17) is 5.10 Å². The van der Waals surface area contributed by atoms with Crippen molar-refractivity contribution in [3.05, 3.63) is 17.0 Å². The van der Waals surface area contributed by atoms with Crippen LogP contribution in [-0.4, -0.2) is 16.3 Å². The summed E-state index contributed by atoms with van der Waals surface area (Å²) in [7, 11) is 0. The summed E-state index contributed by atoms with van der Waals surface area (Å²) in [5.41, 5.74) is 3.96. The minimum atomic E-state index is 0.397. The quantitative estimate of drug-likeness (QED) is 0.895. The third-order valence-electron chi connectivity index (χ3n) is 5.24. The summed E-state index contributed by atoms with van der Waals surface area (Å²) in [4.78, 5) is 0. The fourth-order valence-electron chi connectivity index (χ4n) is 3.81. The molecule has 1 fully saturated rings. The summed E-state index contributed by atoms with van der Waals surface area (Å²) in [5, 5.41) is 8.40. The number of hydrogen-bond acceptors (Lipinski definition) is 2. The standard InChI is InChI=1S/C17H31N3/c1-7-18-13(4)17-14(5)19-20(15(17)6)16-9-8-11(2)12(3)10-16/h11-13,16,18H,7-10H2,1-6H3. The van der Waals surface area contributed by atoms with Crippen molar-refractivity contribution >= 4 is 0 Å². The minimum absolute atomic E-state index is 0.397. The van der Waals surface area contributed by atoms with Gasteiger partial charge in [0.2, 0.25) is 0 Å². The van der Waals surface area contributed by atoms with Gasteiger partial charge in [0.25, 0.3) is 0 Å². The molecule has 2 rings (SSSR count). The van der Waals surface area contributed by atoms with Crippen molar-refractivity contribution in [1.82, 2.24) is 15.1 Å². The molecule has 1 saturated carbocycles. The number of nitrogens with one attached hydrogen (secondary N) is 1. The molecular weight excluding hydrogens is 246 g/mol. The normalized spacial score (nSPS) is 28.6. The predicted molar refractivity (Wildman–Crippen MR) is 85.0 cm³/mol. The fourth-order valence-corrected chi connectivity index (χ4v) is 3.81. The molecule has 0 amide bonds. The second kappa shape index (κ2) is 6.30. The molecule has 3 heteroatoms. The van der Waals surface area contributed by atoms with Gasteiger partial charge in [0, 0.05) is 17.3 Å². The number of rotatable bonds is 4. The first-order valence-corrected chi connectivity index (χ1v) is 8.24. The zero-order valence-corrected chi connectivity index (χ0v) is 14.0. The van der Waals surface area contributed by atoms with E-state index >= 15 is 0 Å². The van der Waals surface area contributed by atoms with Gasteiger partial charge >= 0.3 is 0 Å². The Bertz CT molecular complexity index is 449. The van der Waals surface area contributed by atoms with Crippen LogP contribution >= 0.6 is 0 Å². The van der Waals surface area contributed by atoms with Crippen molar-refractivity contribution in [2.75, 3.05) is 6.54 Å². The molecule has 114 valence electrons. The monoisotopic (exact) mass is 277 g/mol. The average Bonchev–Trinajstić information content (AvgIpc) is 2.68. The van der Waals surface area contributed by atoms with Crippen LogP contribution in [0.15, 0.2) is 0 Å². The molecule has 3 nitrogen and oxygen atoms in total. The first-order valence-electron chi connectivity index (χ1n) is 8.24. The lowest BCUT2D eigenvalue weighted by Crippen LogP contribution is -2.25. The molecule has 0 radical (unpaired) electrons. The van der Waals surface area contributed by atoms with Gasteiger partial charge in [-0.3, -0.25) is 4.68 Å². The number of aryl methyl sites for hydroxylation is 1. The predicted octanol–water partition coefficient (Wildman–Crippen LogP) is 4.17. The Kier molecular flexibility index (Phi) is 4.90. The summed E-state index contributed by atoms with van der Waals surface area (Å²) >= 11 is 0. The zero-order chi connectivity index (χ0) is 14.9. The topological polar surface area (TPSA) is 29.9 Å². The van der Waals surface area contributed by atoms with Crippen LogP contribution in [0.1, 0.15) is 76.0 Å². The zero-order valence-electron chi connectivity index (χ0n) is 14.0. The Morgan fingerprint density at radius 1 is 1.25 bits per heavy atom. The van der Waals surface area contributed by atoms with Gasteiger partial charge in [-0.05, 0) is 58.4 Å². The van der Waals surface area contributed by atoms with E-state index in [-0.39, 0.29) is 0 Å². The van der Waals surface area contributed by atoms with Crippen LogP contribution in [-0.2, 0) is 0 Å². The smallest absolute Gasteiger partial charge is 0.0644 e. The van der Waals surface area contributed by atoms with Crippen LogP contribution in [0.3, 0.4) is 0 Å². The van der Waals surface area contributed by atoms with Crippen LogP contribution in [0.5, 0.6) is 0 Å². The highest BCUT2D eigenvalue weighted by molar-refractivity contribution is 5.28. The molecule has 20 heavy (non-hydrogen) atoms. The van der Waals surface area contributed by atoms with Gasteiger partial charge < -0.3 is 5.32 Å². The lowest BCUT2D eigenvalue weighted by atomic mass is 9.79. The van der Waals surface area contributed by atoms with Gasteiger partial charge in [-0.1, -0.05) is 20.8 Å². The molecule has 0 saturated heterocycles. The van der Waals surface area contributed by atoms with E-state index in [1.165, 1.54) is 36.2 Å². The van der Waals surface area contributed by atoms with E-state index in [2.05, 4.69) is 51.5 Å². The summed E-state index contributed by atoms with van der Waals surface area (Å²) in [6.45, 7) is 14.6. The van der Waals surface area contributed by atoms with E-state index in [1.54, 1.807) is 0 Å². The molecule has 1 aliphatic rings. The van der Waals surface area contributed by atoms with Crippen molar-refractivity contribution in [2.24, 2.45) is 11.8 Å². The van der Waals surface area contributed by atoms with Crippen LogP contribution < -0.4 is 5.32 Å². The second-order valence-corrected chi connectivity index (χ2v) is 6.73. The third kappa shape index (κ3) is 2.93. The number of nitrogens with zero attached hydrogens (tertiary/aromatic N) is 2. The molecular formula is C17H31N3. The van der Waals surface area contributed by atoms with Crippen molar-refractivity contribution in [1.29, 1.82) is 0 Å². The summed E-state index contributed by atoms with van der Waals surface area (Å²) in [5.74, 6) is 1.68. The molecule has 0 spiro atoms. The Labute approximate surface area is 124 Å². The molecule has 0 aromatic carbocycles. The van der Waals surface area contributed by atoms with Crippen molar-refractivity contribution in [3.8, 4) is 0 Å². The summed E-state index contributed by atoms with van der Waals surface area (Å²) < 4.78 is 2.32. The van der Waals surface area contributed by atoms with Crippen molar-refractivity contribution < 1.29 is 0 Å². The number of hydrogen-bond donors (Lipinski definition) is 1. The Morgan fingerprint density at radius 2 is 1.95 bits per heavy atom. The Morgan fingerprint density at radius 3 is 2.55 bits per heavy atom. The van der Waals surface area contributed by atoms with Gasteiger partial charge in [-0.25, -0.2) is 0 Å². The van der Waals surface area contributed by atoms with Crippen LogP contribution in [0.2, 0.25) is 0 Å². The Hall–Kier alpha value is -0.830. The van der Waals surface area contributed by atoms with Gasteiger partial charge in [-0.2, -0.15) is 5.10 Å². The van der Waals surface area contributed by atoms with Gasteiger partial charge in [0.1, 0.15) is 0 Å². The maximum atomic E-state index is 4.87. The minimum Gasteiger partial charge on any atom is -0.310 e. The summed E-state index contributed by atoms with van der Waals surface area (Å²) in [6.07, 6.45) is 3.89. The summed E-state index contributed by atoms with van der Waals surface area (Å²) in [6, 6.07) is 0.996. The van der Waals surface area contributed by atoms with Gasteiger partial charge in [-0.15, -0.1) is 0 Å². The maximum absolute atomic E-state index is 4.87. The van der Waals surface area contributed by atoms with E-state index in [0.29, 0.717) is 12.1 Å². The Balaban J connectivity index is 2.23. The maximum Gasteiger partial charge on any atom is 0.0644 e. The van der Waals surface area contributed by atoms with Crippen LogP contribution in [0.4, 0.5) is 0 Å². The van der Waals surface area contributed by atoms with Crippen LogP contribution in [0, 0.1) is 25.7 Å². The third-order valence-corrected chi connectivity index (χ3v) is 5.24. The highest BCUT2D eigenvalue weighted by Gasteiger charge is 2.28. The molecule has 0 aliphatic heterocycles. The highest BCUT2D eigenvalue weighted by Crippen LogP contribution is 2.37. The number of aromatic nitrogens is 2. The first-order chi connectivity index (χ1) is 9.45. The fraction of sp³-hybridized carbons (Fsp3) is 0.824. The average molecular weight is 277 g/mol. The first kappa shape index (κ1) is 15.6. The lowest BCUT2D eigenvalue weighted by Gasteiger charge is -2.33. The van der Waals surface area contributed by atoms with Crippen LogP contribution in [0.25, 0.3) is 0 Å². The SMILES string of the molecule is CCNC(C)c1c(C)nn(C2CCC(C)C(C)C2)c1C. The molecule has 4 atom stereocenters. The van der Waals surface area contributed by atoms with Gasteiger partial charge in [0.15, 0.2) is 0 Å². The largest absolute Gasteiger partial charge is 0.310 e. The lowest BCUT2D eigenvalue weighted by molar-refractivity contribution is 0.198. The molecule has 0 bridgehead atoms. The van der Waals surface area contributed by atoms with E-state index in [0.717, 1.165) is 18.4 Å². The van der Waals surface area contributed by atoms with Crippen molar-refractivity contribution in [2.45, 2.75) is 72.9 Å². The van der Waals surface area contributed by atoms with E-state index < -0.39 is 0 Å². The molecule has 1 heterocycles. The molecule has 1 aromatic heterocycles. The molecule has 4 unspecified atom stereocenters. The molecule has 1 N–H and O–H groups in total. The molecule has 1 aromatic rings. The van der Waals surface area contributed by atoms with Crippen molar-refractivity contribution in [3.63, 3.8) is 0 Å². The highest BCUT2D eigenvalue weighted by atomic mass is 15.3. The van der Waals surface area contributed by atoms with E-state index in [1.807, 2.05) is 0 Å². The second-order valence-electron chi connectivity index (χ2n) is 6.73.